The van der Waals surface area contributed by atoms with Gasteiger partial charge in [-0.05, 0) is 30.5 Å². The predicted octanol–water partition coefficient (Wildman–Crippen LogP) is 2.85. The van der Waals surface area contributed by atoms with Gasteiger partial charge in [-0.15, -0.1) is 0 Å². The van der Waals surface area contributed by atoms with E-state index in [4.69, 9.17) is 9.47 Å². The molecule has 1 aromatic carbocycles. The number of benzene rings is 1. The lowest BCUT2D eigenvalue weighted by Crippen LogP contribution is -2.36. The summed E-state index contributed by atoms with van der Waals surface area (Å²) in [6.07, 6.45) is 6.94. The van der Waals surface area contributed by atoms with Crippen molar-refractivity contribution in [2.75, 3.05) is 6.79 Å². The average molecular weight is 291 g/mol. The monoisotopic (exact) mass is 291 g/mol. The first-order valence-corrected chi connectivity index (χ1v) is 7.62. The van der Waals surface area contributed by atoms with Gasteiger partial charge in [-0.25, -0.2) is 0 Å². The van der Waals surface area contributed by atoms with Crippen LogP contribution >= 0.6 is 0 Å². The molecule has 114 valence electrons. The molecule has 0 amide bonds. The molecule has 1 aliphatic carbocycles. The normalized spacial score (nSPS) is 20.0. The van der Waals surface area contributed by atoms with Crippen LogP contribution in [0.2, 0.25) is 0 Å². The zero-order valence-corrected chi connectivity index (χ0v) is 12.0. The lowest BCUT2D eigenvalue weighted by molar-refractivity contribution is -0.140. The number of hydrogen-bond donors (Lipinski definition) is 2. The maximum Gasteiger partial charge on any atom is 0.325 e. The highest BCUT2D eigenvalue weighted by atomic mass is 16.7. The Hall–Kier alpha value is -1.75. The minimum Gasteiger partial charge on any atom is -0.480 e. The summed E-state index contributed by atoms with van der Waals surface area (Å²) in [4.78, 5) is 11.6. The van der Waals surface area contributed by atoms with E-state index >= 15 is 0 Å². The SMILES string of the molecule is O=C(O)C(NC1CCCCCC1)c1ccc2c(c1)OCO2. The lowest BCUT2D eigenvalue weighted by atomic mass is 10.0. The Bertz CT molecular complexity index is 509. The Kier molecular flexibility index (Phi) is 4.29. The fourth-order valence-corrected chi connectivity index (χ4v) is 3.08. The molecule has 1 atom stereocenters. The number of nitrogens with one attached hydrogen (secondary N) is 1. The van der Waals surface area contributed by atoms with Crippen molar-refractivity contribution in [1.82, 2.24) is 5.32 Å². The van der Waals surface area contributed by atoms with Crippen molar-refractivity contribution in [3.8, 4) is 11.5 Å². The Labute approximate surface area is 124 Å². The van der Waals surface area contributed by atoms with Crippen LogP contribution in [0.15, 0.2) is 18.2 Å². The van der Waals surface area contributed by atoms with Crippen LogP contribution in [0.1, 0.15) is 50.1 Å². The van der Waals surface area contributed by atoms with E-state index < -0.39 is 12.0 Å². The van der Waals surface area contributed by atoms with Crippen molar-refractivity contribution in [3.63, 3.8) is 0 Å². The molecule has 1 aromatic rings. The van der Waals surface area contributed by atoms with E-state index in [-0.39, 0.29) is 12.8 Å². The highest BCUT2D eigenvalue weighted by molar-refractivity contribution is 5.76. The molecule has 1 unspecified atom stereocenters. The molecule has 1 fully saturated rings. The molecule has 0 aromatic heterocycles. The number of carboxylic acids is 1. The van der Waals surface area contributed by atoms with Gasteiger partial charge in [-0.1, -0.05) is 31.7 Å². The predicted molar refractivity (Wildman–Crippen MR) is 77.6 cm³/mol. The fourth-order valence-electron chi connectivity index (χ4n) is 3.08. The summed E-state index contributed by atoms with van der Waals surface area (Å²) < 4.78 is 10.6. The van der Waals surface area contributed by atoms with Crippen LogP contribution in [0.25, 0.3) is 0 Å². The van der Waals surface area contributed by atoms with Gasteiger partial charge in [0.2, 0.25) is 6.79 Å². The van der Waals surface area contributed by atoms with Gasteiger partial charge in [0.1, 0.15) is 6.04 Å². The molecule has 0 spiro atoms. The summed E-state index contributed by atoms with van der Waals surface area (Å²) in [5.41, 5.74) is 0.719. The quantitative estimate of drug-likeness (QED) is 0.835. The molecule has 2 N–H and O–H groups in total. The van der Waals surface area contributed by atoms with Gasteiger partial charge in [-0.2, -0.15) is 0 Å². The van der Waals surface area contributed by atoms with Crippen LogP contribution in [0, 0.1) is 0 Å². The Morgan fingerprint density at radius 1 is 1.14 bits per heavy atom. The highest BCUT2D eigenvalue weighted by Gasteiger charge is 2.26. The van der Waals surface area contributed by atoms with E-state index in [9.17, 15) is 9.90 Å². The first-order chi connectivity index (χ1) is 10.2. The number of carbonyl (C=O) groups is 1. The zero-order valence-electron chi connectivity index (χ0n) is 12.0. The standard InChI is InChI=1S/C16H21NO4/c18-16(19)15(17-12-5-3-1-2-4-6-12)11-7-8-13-14(9-11)21-10-20-13/h7-9,12,15,17H,1-6,10H2,(H,18,19). The molecule has 1 saturated carbocycles. The third-order valence-corrected chi connectivity index (χ3v) is 4.23. The second-order valence-corrected chi connectivity index (χ2v) is 5.74. The summed E-state index contributed by atoms with van der Waals surface area (Å²) in [6.45, 7) is 0.201. The van der Waals surface area contributed by atoms with Gasteiger partial charge in [0.25, 0.3) is 0 Å². The highest BCUT2D eigenvalue weighted by Crippen LogP contribution is 2.34. The summed E-state index contributed by atoms with van der Waals surface area (Å²) in [6, 6.07) is 4.94. The molecular weight excluding hydrogens is 270 g/mol. The average Bonchev–Trinajstić information content (AvgIpc) is 2.79. The van der Waals surface area contributed by atoms with E-state index in [0.29, 0.717) is 11.5 Å². The van der Waals surface area contributed by atoms with Crippen molar-refractivity contribution in [1.29, 1.82) is 0 Å². The largest absolute Gasteiger partial charge is 0.480 e. The van der Waals surface area contributed by atoms with Gasteiger partial charge in [-0.3, -0.25) is 10.1 Å². The molecule has 5 heteroatoms. The van der Waals surface area contributed by atoms with E-state index in [1.54, 1.807) is 18.2 Å². The molecule has 3 rings (SSSR count). The number of ether oxygens (including phenoxy) is 2. The first kappa shape index (κ1) is 14.2. The Morgan fingerprint density at radius 2 is 1.86 bits per heavy atom. The van der Waals surface area contributed by atoms with Crippen molar-refractivity contribution < 1.29 is 19.4 Å². The van der Waals surface area contributed by atoms with Gasteiger partial charge in [0.05, 0.1) is 0 Å². The number of carboxylic acid groups (broad SMARTS) is 1. The second kappa shape index (κ2) is 6.35. The summed E-state index contributed by atoms with van der Waals surface area (Å²) in [5, 5.41) is 12.8. The van der Waals surface area contributed by atoms with E-state index in [1.165, 1.54) is 25.7 Å². The second-order valence-electron chi connectivity index (χ2n) is 5.74. The number of rotatable bonds is 4. The molecule has 1 heterocycles. The summed E-state index contributed by atoms with van der Waals surface area (Å²) >= 11 is 0. The molecular formula is C16H21NO4. The molecule has 5 nitrogen and oxygen atoms in total. The van der Waals surface area contributed by atoms with Crippen LogP contribution in [0.4, 0.5) is 0 Å². The third kappa shape index (κ3) is 3.29. The maximum absolute atomic E-state index is 11.6. The Morgan fingerprint density at radius 3 is 2.57 bits per heavy atom. The van der Waals surface area contributed by atoms with Crippen molar-refractivity contribution >= 4 is 5.97 Å². The molecule has 0 saturated heterocycles. The number of hydrogen-bond acceptors (Lipinski definition) is 4. The smallest absolute Gasteiger partial charge is 0.325 e. The van der Waals surface area contributed by atoms with Gasteiger partial charge in [0, 0.05) is 6.04 Å². The van der Waals surface area contributed by atoms with E-state index in [2.05, 4.69) is 5.32 Å². The zero-order chi connectivity index (χ0) is 14.7. The Balaban J connectivity index is 1.76. The lowest BCUT2D eigenvalue weighted by Gasteiger charge is -2.22. The number of aliphatic carboxylic acids is 1. The molecule has 0 radical (unpaired) electrons. The van der Waals surface area contributed by atoms with Crippen molar-refractivity contribution in [2.24, 2.45) is 0 Å². The third-order valence-electron chi connectivity index (χ3n) is 4.23. The first-order valence-electron chi connectivity index (χ1n) is 7.62. The topological polar surface area (TPSA) is 67.8 Å². The molecule has 21 heavy (non-hydrogen) atoms. The fraction of sp³-hybridized carbons (Fsp3) is 0.562. The van der Waals surface area contributed by atoms with E-state index in [1.807, 2.05) is 0 Å². The minimum absolute atomic E-state index is 0.201. The number of fused-ring (bicyclic) bond motifs is 1. The van der Waals surface area contributed by atoms with Crippen LogP contribution in [-0.4, -0.2) is 23.9 Å². The summed E-state index contributed by atoms with van der Waals surface area (Å²) in [7, 11) is 0. The van der Waals surface area contributed by atoms with Gasteiger partial charge in [0.15, 0.2) is 11.5 Å². The van der Waals surface area contributed by atoms with Crippen LogP contribution < -0.4 is 14.8 Å². The minimum atomic E-state index is -0.849. The van der Waals surface area contributed by atoms with E-state index in [0.717, 1.165) is 18.4 Å². The molecule has 2 aliphatic rings. The van der Waals surface area contributed by atoms with Crippen molar-refractivity contribution in [3.05, 3.63) is 23.8 Å². The molecule has 1 aliphatic heterocycles. The van der Waals surface area contributed by atoms with Gasteiger partial charge < -0.3 is 14.6 Å². The van der Waals surface area contributed by atoms with Gasteiger partial charge >= 0.3 is 5.97 Å². The maximum atomic E-state index is 11.6. The molecule has 0 bridgehead atoms. The summed E-state index contributed by atoms with van der Waals surface area (Å²) in [5.74, 6) is 0.455. The van der Waals surface area contributed by atoms with Crippen LogP contribution in [0.5, 0.6) is 11.5 Å². The van der Waals surface area contributed by atoms with Crippen LogP contribution in [-0.2, 0) is 4.79 Å². The van der Waals surface area contributed by atoms with Crippen molar-refractivity contribution in [2.45, 2.75) is 50.6 Å². The van der Waals surface area contributed by atoms with Crippen LogP contribution in [0.3, 0.4) is 0 Å².